The second-order valence-electron chi connectivity index (χ2n) is 3.74. The van der Waals surface area contributed by atoms with Crippen molar-refractivity contribution in [3.63, 3.8) is 0 Å². The fourth-order valence-corrected chi connectivity index (χ4v) is 1.86. The second-order valence-corrected chi connectivity index (χ2v) is 3.74. The van der Waals surface area contributed by atoms with Crippen LogP contribution in [0.5, 0.6) is 0 Å². The van der Waals surface area contributed by atoms with E-state index in [1.807, 2.05) is 13.8 Å². The van der Waals surface area contributed by atoms with E-state index >= 15 is 0 Å². The Morgan fingerprint density at radius 1 is 1.12 bits per heavy atom. The van der Waals surface area contributed by atoms with Crippen LogP contribution in [0.2, 0.25) is 0 Å². The molecule has 4 heteroatoms. The van der Waals surface area contributed by atoms with Crippen LogP contribution in [-0.2, 0) is 6.18 Å². The maximum atomic E-state index is 12.8. The Morgan fingerprint density at radius 3 is 2.12 bits per heavy atom. The summed E-state index contributed by atoms with van der Waals surface area (Å²) < 4.78 is 50.9. The number of halogens is 4. The molecule has 0 nitrogen and oxygen atoms in total. The third-order valence-corrected chi connectivity index (χ3v) is 2.75. The average Bonchev–Trinajstić information content (AvgIpc) is 2.20. The lowest BCUT2D eigenvalue weighted by Crippen LogP contribution is -2.12. The third kappa shape index (κ3) is 2.74. The van der Waals surface area contributed by atoms with Gasteiger partial charge < -0.3 is 0 Å². The summed E-state index contributed by atoms with van der Waals surface area (Å²) in [5.74, 6) is -1.01. The van der Waals surface area contributed by atoms with Gasteiger partial charge in [-0.3, -0.25) is 0 Å². The van der Waals surface area contributed by atoms with Crippen molar-refractivity contribution in [2.75, 3.05) is 0 Å². The van der Waals surface area contributed by atoms with Crippen molar-refractivity contribution < 1.29 is 17.6 Å². The minimum Gasteiger partial charge on any atom is -0.207 e. The zero-order chi connectivity index (χ0) is 12.3. The van der Waals surface area contributed by atoms with Crippen molar-refractivity contribution in [2.24, 2.45) is 0 Å². The van der Waals surface area contributed by atoms with Crippen molar-refractivity contribution in [3.8, 4) is 0 Å². The first-order valence-electron chi connectivity index (χ1n) is 5.26. The summed E-state index contributed by atoms with van der Waals surface area (Å²) >= 11 is 0. The van der Waals surface area contributed by atoms with E-state index in [0.717, 1.165) is 6.07 Å². The van der Waals surface area contributed by atoms with Crippen molar-refractivity contribution in [3.05, 3.63) is 35.1 Å². The zero-order valence-electron chi connectivity index (χ0n) is 9.24. The van der Waals surface area contributed by atoms with Gasteiger partial charge in [0.05, 0.1) is 5.56 Å². The van der Waals surface area contributed by atoms with Crippen molar-refractivity contribution in [2.45, 2.75) is 38.8 Å². The van der Waals surface area contributed by atoms with Crippen LogP contribution in [0, 0.1) is 5.82 Å². The highest BCUT2D eigenvalue weighted by molar-refractivity contribution is 5.33. The second kappa shape index (κ2) is 4.85. The van der Waals surface area contributed by atoms with Gasteiger partial charge in [0.1, 0.15) is 5.82 Å². The Hall–Kier alpha value is -1.06. The lowest BCUT2D eigenvalue weighted by molar-refractivity contribution is -0.138. The molecule has 0 heterocycles. The van der Waals surface area contributed by atoms with Gasteiger partial charge in [-0.2, -0.15) is 13.2 Å². The van der Waals surface area contributed by atoms with Crippen LogP contribution in [-0.4, -0.2) is 0 Å². The largest absolute Gasteiger partial charge is 0.416 e. The summed E-state index contributed by atoms with van der Waals surface area (Å²) in [6, 6.07) is 2.91. The van der Waals surface area contributed by atoms with Crippen LogP contribution in [0.4, 0.5) is 17.6 Å². The first kappa shape index (κ1) is 13.0. The van der Waals surface area contributed by atoms with Gasteiger partial charge in [-0.05, 0) is 36.5 Å². The third-order valence-electron chi connectivity index (χ3n) is 2.75. The molecule has 0 N–H and O–H groups in total. The minimum absolute atomic E-state index is 0.169. The highest BCUT2D eigenvalue weighted by atomic mass is 19.4. The Kier molecular flexibility index (Phi) is 3.94. The normalized spacial score (nSPS) is 12.2. The van der Waals surface area contributed by atoms with Crippen LogP contribution in [0.25, 0.3) is 0 Å². The fourth-order valence-electron chi connectivity index (χ4n) is 1.86. The lowest BCUT2D eigenvalue weighted by atomic mass is 9.90. The standard InChI is InChI=1S/C12H14F4/c1-3-8(4-2)10-6-5-9(13)7-11(10)12(14,15)16/h5-8H,3-4H2,1-2H3. The topological polar surface area (TPSA) is 0 Å². The molecule has 90 valence electrons. The van der Waals surface area contributed by atoms with Crippen LogP contribution < -0.4 is 0 Å². The number of rotatable bonds is 3. The molecule has 16 heavy (non-hydrogen) atoms. The average molecular weight is 234 g/mol. The summed E-state index contributed by atoms with van der Waals surface area (Å²) in [4.78, 5) is 0. The highest BCUT2D eigenvalue weighted by Gasteiger charge is 2.35. The van der Waals surface area contributed by atoms with E-state index < -0.39 is 17.6 Å². The predicted octanol–water partition coefficient (Wildman–Crippen LogP) is 4.75. The summed E-state index contributed by atoms with van der Waals surface area (Å²) in [5, 5.41) is 0. The van der Waals surface area contributed by atoms with E-state index in [4.69, 9.17) is 0 Å². The Bertz CT molecular complexity index is 351. The van der Waals surface area contributed by atoms with Crippen LogP contribution in [0.15, 0.2) is 18.2 Å². The van der Waals surface area contributed by atoms with Crippen LogP contribution >= 0.6 is 0 Å². The van der Waals surface area contributed by atoms with Crippen molar-refractivity contribution in [1.29, 1.82) is 0 Å². The SMILES string of the molecule is CCC(CC)c1ccc(F)cc1C(F)(F)F. The van der Waals surface area contributed by atoms with Crippen LogP contribution in [0.3, 0.4) is 0 Å². The molecule has 0 aliphatic rings. The molecule has 0 aliphatic heterocycles. The molecule has 0 aromatic heterocycles. The molecule has 0 spiro atoms. The smallest absolute Gasteiger partial charge is 0.207 e. The monoisotopic (exact) mass is 234 g/mol. The Morgan fingerprint density at radius 2 is 1.69 bits per heavy atom. The summed E-state index contributed by atoms with van der Waals surface area (Å²) in [6.45, 7) is 3.66. The van der Waals surface area contributed by atoms with E-state index in [9.17, 15) is 17.6 Å². The van der Waals surface area contributed by atoms with E-state index in [-0.39, 0.29) is 11.5 Å². The summed E-state index contributed by atoms with van der Waals surface area (Å²) in [7, 11) is 0. The van der Waals surface area contributed by atoms with Crippen molar-refractivity contribution in [1.82, 2.24) is 0 Å². The number of hydrogen-bond donors (Lipinski definition) is 0. The molecular weight excluding hydrogens is 220 g/mol. The van der Waals surface area contributed by atoms with E-state index in [2.05, 4.69) is 0 Å². The number of benzene rings is 1. The molecule has 0 saturated carbocycles. The molecule has 0 saturated heterocycles. The highest BCUT2D eigenvalue weighted by Crippen LogP contribution is 2.37. The zero-order valence-corrected chi connectivity index (χ0v) is 9.24. The summed E-state index contributed by atoms with van der Waals surface area (Å²) in [5.41, 5.74) is -0.653. The molecule has 0 atom stereocenters. The number of hydrogen-bond acceptors (Lipinski definition) is 0. The van der Waals surface area contributed by atoms with E-state index in [0.29, 0.717) is 18.9 Å². The molecule has 0 unspecified atom stereocenters. The Labute approximate surface area is 92.3 Å². The van der Waals surface area contributed by atoms with Gasteiger partial charge in [0.2, 0.25) is 0 Å². The minimum atomic E-state index is -4.49. The molecule has 0 fully saturated rings. The van der Waals surface area contributed by atoms with Gasteiger partial charge in [0, 0.05) is 0 Å². The quantitative estimate of drug-likeness (QED) is 0.662. The van der Waals surface area contributed by atoms with Gasteiger partial charge in [-0.1, -0.05) is 19.9 Å². The molecule has 0 aliphatic carbocycles. The van der Waals surface area contributed by atoms with Crippen LogP contribution in [0.1, 0.15) is 43.7 Å². The maximum Gasteiger partial charge on any atom is 0.416 e. The first-order valence-corrected chi connectivity index (χ1v) is 5.26. The fraction of sp³-hybridized carbons (Fsp3) is 0.500. The van der Waals surface area contributed by atoms with E-state index in [1.165, 1.54) is 6.07 Å². The maximum absolute atomic E-state index is 12.8. The first-order chi connectivity index (χ1) is 7.40. The van der Waals surface area contributed by atoms with Crippen molar-refractivity contribution >= 4 is 0 Å². The van der Waals surface area contributed by atoms with Gasteiger partial charge in [-0.25, -0.2) is 4.39 Å². The number of alkyl halides is 3. The predicted molar refractivity (Wildman–Crippen MR) is 54.7 cm³/mol. The van der Waals surface area contributed by atoms with Gasteiger partial charge in [0.15, 0.2) is 0 Å². The molecule has 1 rings (SSSR count). The van der Waals surface area contributed by atoms with Gasteiger partial charge in [-0.15, -0.1) is 0 Å². The molecule has 0 bridgehead atoms. The van der Waals surface area contributed by atoms with E-state index in [1.54, 1.807) is 0 Å². The molecule has 1 aromatic rings. The van der Waals surface area contributed by atoms with Gasteiger partial charge >= 0.3 is 6.18 Å². The molecular formula is C12H14F4. The molecule has 0 radical (unpaired) electrons. The van der Waals surface area contributed by atoms with Gasteiger partial charge in [0.25, 0.3) is 0 Å². The Balaban J connectivity index is 3.27. The molecule has 1 aromatic carbocycles. The lowest BCUT2D eigenvalue weighted by Gasteiger charge is -2.19. The molecule has 0 amide bonds. The summed E-state index contributed by atoms with van der Waals surface area (Å²) in [6.07, 6.45) is -3.25.